The maximum absolute atomic E-state index is 2.83. The van der Waals surface area contributed by atoms with Crippen molar-refractivity contribution in [3.05, 3.63) is 195 Å². The Labute approximate surface area is 481 Å². The monoisotopic (exact) mass is 1060 g/mol. The topological polar surface area (TPSA) is 9.72 Å². The van der Waals surface area contributed by atoms with Crippen molar-refractivity contribution in [3.63, 3.8) is 0 Å². The fraction of sp³-hybridized carbons (Fsp3) is 0.360. The van der Waals surface area contributed by atoms with Crippen molar-refractivity contribution in [2.75, 3.05) is 14.7 Å². The van der Waals surface area contributed by atoms with Gasteiger partial charge in [-0.15, -0.1) is 11.3 Å². The number of aryl methyl sites for hydroxylation is 2. The van der Waals surface area contributed by atoms with E-state index in [9.17, 15) is 0 Å². The van der Waals surface area contributed by atoms with Gasteiger partial charge in [0.2, 0.25) is 0 Å². The lowest BCUT2D eigenvalue weighted by atomic mass is 9.33. The number of fused-ring (bicyclic) bond motifs is 13. The first-order valence-electron chi connectivity index (χ1n) is 30.0. The molecular weight excluding hydrogens is 986 g/mol. The van der Waals surface area contributed by atoms with E-state index in [-0.39, 0.29) is 44.7 Å². The second-order valence-electron chi connectivity index (χ2n) is 29.3. The van der Waals surface area contributed by atoms with Crippen molar-refractivity contribution < 1.29 is 0 Å². The molecule has 0 bridgehead atoms. The summed E-state index contributed by atoms with van der Waals surface area (Å²) in [6.45, 7) is 36.9. The van der Waals surface area contributed by atoms with Crippen LogP contribution in [0.3, 0.4) is 0 Å². The van der Waals surface area contributed by atoms with E-state index in [0.717, 1.165) is 12.8 Å². The summed E-state index contributed by atoms with van der Waals surface area (Å²) in [6, 6.07) is 56.4. The zero-order valence-electron chi connectivity index (χ0n) is 50.1. The van der Waals surface area contributed by atoms with Crippen LogP contribution >= 0.6 is 11.3 Å². The predicted molar refractivity (Wildman–Crippen MR) is 346 cm³/mol. The van der Waals surface area contributed by atoms with Crippen LogP contribution in [-0.4, -0.2) is 12.3 Å². The van der Waals surface area contributed by atoms with Crippen molar-refractivity contribution in [1.82, 2.24) is 0 Å². The van der Waals surface area contributed by atoms with Gasteiger partial charge in [-0.25, -0.2) is 0 Å². The molecule has 6 aliphatic rings. The number of anilines is 8. The van der Waals surface area contributed by atoms with E-state index < -0.39 is 0 Å². The molecule has 15 rings (SSSR count). The zero-order chi connectivity index (χ0) is 55.7. The first-order chi connectivity index (χ1) is 37.8. The Balaban J connectivity index is 1.05. The Kier molecular flexibility index (Phi) is 10.2. The molecule has 1 saturated carbocycles. The molecule has 4 heterocycles. The highest BCUT2D eigenvalue weighted by Gasteiger charge is 2.58. The van der Waals surface area contributed by atoms with Crippen LogP contribution in [0.15, 0.2) is 140 Å². The molecule has 0 N–H and O–H groups in total. The molecule has 1 aromatic heterocycles. The van der Waals surface area contributed by atoms with Gasteiger partial charge in [0.05, 0.1) is 11.2 Å². The molecule has 3 aliphatic heterocycles. The molecule has 5 heteroatoms. The first-order valence-corrected chi connectivity index (χ1v) is 30.9. The normalized spacial score (nSPS) is 22.1. The molecule has 1 fully saturated rings. The van der Waals surface area contributed by atoms with Crippen molar-refractivity contribution in [3.8, 4) is 0 Å². The first kappa shape index (κ1) is 50.4. The number of nitrogens with zero attached hydrogens (tertiary/aromatic N) is 3. The van der Waals surface area contributed by atoms with Gasteiger partial charge < -0.3 is 14.7 Å². The Morgan fingerprint density at radius 1 is 0.475 bits per heavy atom. The number of thiophene rings is 1. The van der Waals surface area contributed by atoms with Crippen LogP contribution < -0.4 is 31.1 Å². The van der Waals surface area contributed by atoms with E-state index in [2.05, 4.69) is 258 Å². The van der Waals surface area contributed by atoms with Crippen LogP contribution in [0.2, 0.25) is 0 Å². The smallest absolute Gasteiger partial charge is 0.252 e. The summed E-state index contributed by atoms with van der Waals surface area (Å²) in [5, 5.41) is 2.66. The molecule has 3 aliphatic carbocycles. The molecule has 9 aromatic rings. The molecule has 0 radical (unpaired) electrons. The van der Waals surface area contributed by atoms with Crippen molar-refractivity contribution in [2.45, 2.75) is 174 Å². The summed E-state index contributed by atoms with van der Waals surface area (Å²) in [4.78, 5) is 8.30. The molecule has 2 unspecified atom stereocenters. The van der Waals surface area contributed by atoms with Crippen LogP contribution in [0.4, 0.5) is 45.5 Å². The van der Waals surface area contributed by atoms with Crippen LogP contribution in [0.25, 0.3) is 20.2 Å². The van der Waals surface area contributed by atoms with Crippen LogP contribution in [0.5, 0.6) is 0 Å². The number of rotatable bonds is 3. The SMILES string of the molecule is Cc1cc2c3c(c1)N(c1cccc4sc5ccccc5c14)c1cc4c(cc1B3c1ccc(N3c5ccc(C(C)(C)C)cc5C5(C)CCCCC35C)cc1N2c1cc2c(cc1C)C(C)(C)c1ccccc1C2(C)C)C(C)(C)CC4(C)C. The van der Waals surface area contributed by atoms with E-state index in [1.165, 1.54) is 157 Å². The quantitative estimate of drug-likeness (QED) is 0.163. The van der Waals surface area contributed by atoms with Gasteiger partial charge in [0.1, 0.15) is 0 Å². The minimum atomic E-state index is -0.219. The maximum Gasteiger partial charge on any atom is 0.252 e. The minimum absolute atomic E-state index is 0.00314. The third-order valence-corrected chi connectivity index (χ3v) is 22.9. The lowest BCUT2D eigenvalue weighted by Crippen LogP contribution is -2.61. The standard InChI is InChI=1S/C75H78BN3S/c1-44-35-63-68-64(36-44)78(60-42-54-53(37-45(60)2)72(10,11)49-24-17-18-25-50(49)73(54,12)13)61-39-47(79-58-32-29-46(69(3,4)5)38-55(58)74(14)33-20-21-34-75(74,79)15)30-31-56(61)76(68)57-40-51-52(71(8,9)43-70(51,6)7)41-62(57)77(63)59-26-22-28-66-67(59)48-23-16-19-27-65(48)80-66/h16-19,22-32,35-42H,20-21,33-34,43H2,1-15H3. The highest BCUT2D eigenvalue weighted by molar-refractivity contribution is 7.26. The van der Waals surface area contributed by atoms with Gasteiger partial charge in [-0.05, 0) is 189 Å². The molecule has 0 spiro atoms. The molecule has 80 heavy (non-hydrogen) atoms. The van der Waals surface area contributed by atoms with Gasteiger partial charge in [-0.2, -0.15) is 0 Å². The van der Waals surface area contributed by atoms with Crippen molar-refractivity contribution >= 4 is 100 Å². The highest BCUT2D eigenvalue weighted by Crippen LogP contribution is 2.63. The fourth-order valence-corrected chi connectivity index (χ4v) is 18.7. The summed E-state index contributed by atoms with van der Waals surface area (Å²) >= 11 is 1.92. The van der Waals surface area contributed by atoms with E-state index in [4.69, 9.17) is 0 Å². The average molecular weight is 1060 g/mol. The lowest BCUT2D eigenvalue weighted by Gasteiger charge is -2.51. The Morgan fingerprint density at radius 2 is 1.09 bits per heavy atom. The van der Waals surface area contributed by atoms with Gasteiger partial charge in [0.15, 0.2) is 0 Å². The molecule has 402 valence electrons. The number of benzene rings is 8. The summed E-state index contributed by atoms with van der Waals surface area (Å²) in [5.74, 6) is 0. The van der Waals surface area contributed by atoms with Crippen LogP contribution in [0.1, 0.15) is 178 Å². The maximum atomic E-state index is 2.83. The van der Waals surface area contributed by atoms with E-state index in [1.807, 2.05) is 11.3 Å². The predicted octanol–water partition coefficient (Wildman–Crippen LogP) is 18.7. The number of hydrogen-bond acceptors (Lipinski definition) is 4. The Bertz CT molecular complexity index is 4200. The Hall–Kier alpha value is -6.56. The second-order valence-corrected chi connectivity index (χ2v) is 30.4. The molecule has 2 atom stereocenters. The van der Waals surface area contributed by atoms with E-state index in [1.54, 1.807) is 0 Å². The lowest BCUT2D eigenvalue weighted by molar-refractivity contribution is 0.195. The average Bonchev–Trinajstić information content (AvgIpc) is 3.45. The second kappa shape index (κ2) is 16.1. The van der Waals surface area contributed by atoms with Gasteiger partial charge in [-0.3, -0.25) is 0 Å². The third-order valence-electron chi connectivity index (χ3n) is 21.7. The van der Waals surface area contributed by atoms with Crippen LogP contribution in [-0.2, 0) is 32.5 Å². The summed E-state index contributed by atoms with van der Waals surface area (Å²) < 4.78 is 2.66. The number of hydrogen-bond donors (Lipinski definition) is 0. The Morgan fingerprint density at radius 3 is 1.80 bits per heavy atom. The largest absolute Gasteiger partial charge is 0.334 e. The fourth-order valence-electron chi connectivity index (χ4n) is 17.6. The molecule has 3 nitrogen and oxygen atoms in total. The van der Waals surface area contributed by atoms with E-state index in [0.29, 0.717) is 0 Å². The summed E-state index contributed by atoms with van der Waals surface area (Å²) in [7, 11) is 0. The van der Waals surface area contributed by atoms with Crippen molar-refractivity contribution in [2.24, 2.45) is 0 Å². The van der Waals surface area contributed by atoms with Crippen molar-refractivity contribution in [1.29, 1.82) is 0 Å². The summed E-state index contributed by atoms with van der Waals surface area (Å²) in [5.41, 5.74) is 28.4. The van der Waals surface area contributed by atoms with Gasteiger partial charge in [0, 0.05) is 76.2 Å². The zero-order valence-corrected chi connectivity index (χ0v) is 51.0. The van der Waals surface area contributed by atoms with Gasteiger partial charge >= 0.3 is 0 Å². The molecular formula is C75H78BN3S. The van der Waals surface area contributed by atoms with E-state index >= 15 is 0 Å². The van der Waals surface area contributed by atoms with Crippen LogP contribution in [0, 0.1) is 13.8 Å². The summed E-state index contributed by atoms with van der Waals surface area (Å²) in [6.07, 6.45) is 5.96. The minimum Gasteiger partial charge on any atom is -0.334 e. The third kappa shape index (κ3) is 6.51. The molecule has 0 saturated heterocycles. The van der Waals surface area contributed by atoms with Gasteiger partial charge in [0.25, 0.3) is 6.71 Å². The molecule has 8 aromatic carbocycles. The molecule has 0 amide bonds. The highest BCUT2D eigenvalue weighted by atomic mass is 32.1. The van der Waals surface area contributed by atoms with Gasteiger partial charge in [-0.1, -0.05) is 175 Å².